The molecule has 2 aromatic rings. The predicted octanol–water partition coefficient (Wildman–Crippen LogP) is 0.574. The van der Waals surface area contributed by atoms with Crippen LogP contribution in [0.5, 0.6) is 5.75 Å². The van der Waals surface area contributed by atoms with Gasteiger partial charge in [-0.25, -0.2) is 0 Å². The first kappa shape index (κ1) is 15.7. The van der Waals surface area contributed by atoms with Gasteiger partial charge in [-0.2, -0.15) is 0 Å². The van der Waals surface area contributed by atoms with Gasteiger partial charge in [-0.15, -0.1) is 0 Å². The van der Waals surface area contributed by atoms with Gasteiger partial charge in [-0.05, 0) is 11.5 Å². The van der Waals surface area contributed by atoms with Crippen LogP contribution in [0.25, 0.3) is 10.9 Å². The molecule has 2 N–H and O–H groups in total. The molecule has 1 heterocycles. The molecule has 0 fully saturated rings. The van der Waals surface area contributed by atoms with Crippen molar-refractivity contribution < 1.29 is 16.1 Å². The Balaban J connectivity index is 0. The second kappa shape index (κ2) is 6.65. The smallest absolute Gasteiger partial charge is 0.871 e. The van der Waals surface area contributed by atoms with Crippen molar-refractivity contribution in [3.63, 3.8) is 0 Å². The Morgan fingerprint density at radius 3 is 2.29 bits per heavy atom. The van der Waals surface area contributed by atoms with E-state index in [2.05, 4.69) is 4.98 Å². The minimum absolute atomic E-state index is 0. The number of para-hydroxylation sites is 1. The van der Waals surface area contributed by atoms with Gasteiger partial charge in [0, 0.05) is 6.20 Å². The molecule has 0 spiro atoms. The van der Waals surface area contributed by atoms with Crippen molar-refractivity contribution in [3.05, 3.63) is 36.5 Å². The Kier molecular flexibility index (Phi) is 7.46. The molecular weight excluding hydrogens is 379 g/mol. The van der Waals surface area contributed by atoms with E-state index in [0.29, 0.717) is 5.52 Å². The molecule has 0 aliphatic carbocycles. The van der Waals surface area contributed by atoms with Crippen molar-refractivity contribution in [3.8, 4) is 5.75 Å². The third kappa shape index (κ3) is 2.87. The minimum atomic E-state index is -0.0110. The summed E-state index contributed by atoms with van der Waals surface area (Å²) in [6.45, 7) is 0. The van der Waals surface area contributed by atoms with Crippen LogP contribution in [0.15, 0.2) is 36.5 Å². The van der Waals surface area contributed by atoms with Crippen molar-refractivity contribution >= 4 is 37.1 Å². The summed E-state index contributed by atoms with van der Waals surface area (Å²) >= 11 is 0. The molecule has 4 nitrogen and oxygen atoms in total. The van der Waals surface area contributed by atoms with Gasteiger partial charge in [0.15, 0.2) is 0 Å². The molecule has 5 heteroatoms. The number of nitrogens with zero attached hydrogens (tertiary/aromatic N) is 1. The quantitative estimate of drug-likeness (QED) is 0.618. The van der Waals surface area contributed by atoms with Crippen LogP contribution in [-0.2, 0) is 0 Å². The monoisotopic (exact) mass is 387 g/mol. The van der Waals surface area contributed by atoms with Crippen LogP contribution in [-0.4, -0.2) is 42.1 Å². The second-order valence-electron chi connectivity index (χ2n) is 2.33. The van der Waals surface area contributed by atoms with Crippen molar-refractivity contribution in [2.75, 3.05) is 0 Å². The zero-order chi connectivity index (χ0) is 7.68. The van der Waals surface area contributed by atoms with E-state index >= 15 is 0 Å². The minimum Gasteiger partial charge on any atom is -0.871 e. The number of fused-ring (bicyclic) bond motifs is 1. The molecule has 0 saturated carbocycles. The normalized spacial score (nSPS) is 8.00. The van der Waals surface area contributed by atoms with Gasteiger partial charge in [-0.1, -0.05) is 30.0 Å². The average Bonchev–Trinajstić information content (AvgIpc) is 2.06. The first-order valence-electron chi connectivity index (χ1n) is 3.39. The molecule has 0 unspecified atom stereocenters. The van der Waals surface area contributed by atoms with Gasteiger partial charge in [0.2, 0.25) is 0 Å². The van der Waals surface area contributed by atoms with Crippen molar-refractivity contribution in [2.45, 2.75) is 0 Å². The summed E-state index contributed by atoms with van der Waals surface area (Å²) < 4.78 is 0. The maximum Gasteiger partial charge on any atom is 3.00 e. The molecule has 0 saturated heterocycles. The molecule has 0 aliphatic heterocycles. The number of hydrogen-bond donors (Lipinski definition) is 0. The summed E-state index contributed by atoms with van der Waals surface area (Å²) in [5, 5.41) is 12.0. The van der Waals surface area contributed by atoms with Crippen molar-refractivity contribution in [1.82, 2.24) is 4.98 Å². The van der Waals surface area contributed by atoms with Crippen LogP contribution in [0.3, 0.4) is 0 Å². The van der Waals surface area contributed by atoms with Gasteiger partial charge in [0.1, 0.15) is 0 Å². The summed E-state index contributed by atoms with van der Waals surface area (Å²) in [5.41, 5.74) is 0.551. The number of pyridine rings is 1. The number of benzene rings is 1. The third-order valence-corrected chi connectivity index (χ3v) is 1.60. The molecule has 1 aromatic heterocycles. The molecular formula is C9H8BiNO3. The number of hydrogen-bond acceptors (Lipinski definition) is 4. The zero-order valence-electron chi connectivity index (χ0n) is 7.16. The van der Waals surface area contributed by atoms with E-state index in [1.54, 1.807) is 12.3 Å². The summed E-state index contributed by atoms with van der Waals surface area (Å²) in [7, 11) is 0. The first-order valence-corrected chi connectivity index (χ1v) is 3.39. The third-order valence-electron chi connectivity index (χ3n) is 1.60. The van der Waals surface area contributed by atoms with Crippen LogP contribution in [0, 0.1) is 0 Å². The average molecular weight is 387 g/mol. The fourth-order valence-corrected chi connectivity index (χ4v) is 1.08. The maximum atomic E-state index is 11.1. The van der Waals surface area contributed by atoms with Gasteiger partial charge >= 0.3 is 26.2 Å². The molecule has 14 heavy (non-hydrogen) atoms. The van der Waals surface area contributed by atoms with Gasteiger partial charge in [0.25, 0.3) is 0 Å². The Bertz CT molecular complexity index is 389. The Morgan fingerprint density at radius 2 is 1.64 bits per heavy atom. The van der Waals surface area contributed by atoms with Crippen LogP contribution >= 0.6 is 0 Å². The number of aromatic nitrogens is 1. The fourth-order valence-electron chi connectivity index (χ4n) is 1.08. The molecule has 72 valence electrons. The van der Waals surface area contributed by atoms with Gasteiger partial charge in [0.05, 0.1) is 5.52 Å². The van der Waals surface area contributed by atoms with E-state index in [9.17, 15) is 5.11 Å². The Hall–Kier alpha value is -0.767. The van der Waals surface area contributed by atoms with E-state index in [1.807, 2.05) is 18.2 Å². The van der Waals surface area contributed by atoms with Crippen molar-refractivity contribution in [2.24, 2.45) is 0 Å². The van der Waals surface area contributed by atoms with E-state index < -0.39 is 0 Å². The van der Waals surface area contributed by atoms with Crippen LogP contribution in [0.1, 0.15) is 0 Å². The summed E-state index contributed by atoms with van der Waals surface area (Å²) in [6.07, 6.45) is 1.63. The fraction of sp³-hybridized carbons (Fsp3) is 0. The second-order valence-corrected chi connectivity index (χ2v) is 2.33. The Labute approximate surface area is 100 Å². The molecule has 0 amide bonds. The first-order chi connectivity index (χ1) is 5.38. The topological polar surface area (TPSA) is 96.0 Å². The van der Waals surface area contributed by atoms with Gasteiger partial charge in [-0.3, -0.25) is 4.98 Å². The van der Waals surface area contributed by atoms with Crippen LogP contribution in [0.2, 0.25) is 0 Å². The number of rotatable bonds is 0. The van der Waals surface area contributed by atoms with E-state index in [4.69, 9.17) is 0 Å². The predicted molar refractivity (Wildman–Crippen MR) is 50.8 cm³/mol. The van der Waals surface area contributed by atoms with Gasteiger partial charge < -0.3 is 16.1 Å². The summed E-state index contributed by atoms with van der Waals surface area (Å²) in [4.78, 5) is 3.97. The molecule has 2 radical (unpaired) electrons. The summed E-state index contributed by atoms with van der Waals surface area (Å²) in [6, 6.07) is 8.84. The maximum absolute atomic E-state index is 11.1. The molecule has 0 aliphatic rings. The van der Waals surface area contributed by atoms with E-state index in [0.717, 1.165) is 5.39 Å². The zero-order valence-corrected chi connectivity index (χ0v) is 10.6. The van der Waals surface area contributed by atoms with E-state index in [1.165, 1.54) is 6.07 Å². The Morgan fingerprint density at radius 1 is 1.00 bits per heavy atom. The standard InChI is InChI=1S/C9H7NO.Bi.2H2O/c11-8-5-1-3-7-4-2-6-10-9(7)8;;;/h1-6,11H;;2*1H2/q;+3;;/p-3. The SMILES string of the molecule is [Bi+3].[O-]c1cccc2cccnc12.[OH-].[OH-]. The van der Waals surface area contributed by atoms with Crippen LogP contribution < -0.4 is 5.11 Å². The molecule has 1 aromatic carbocycles. The summed E-state index contributed by atoms with van der Waals surface area (Å²) in [5.74, 6) is -0.0110. The van der Waals surface area contributed by atoms with Crippen LogP contribution in [0.4, 0.5) is 0 Å². The molecule has 2 rings (SSSR count). The molecule has 0 bridgehead atoms. The van der Waals surface area contributed by atoms with Crippen molar-refractivity contribution in [1.29, 1.82) is 0 Å². The largest absolute Gasteiger partial charge is 3.00 e. The molecule has 0 atom stereocenters. The van der Waals surface area contributed by atoms with E-state index in [-0.39, 0.29) is 42.9 Å².